The van der Waals surface area contributed by atoms with Gasteiger partial charge in [0.15, 0.2) is 0 Å². The first-order valence-electron chi connectivity index (χ1n) is 11.1. The van der Waals surface area contributed by atoms with Gasteiger partial charge in [-0.1, -0.05) is 25.0 Å². The van der Waals surface area contributed by atoms with Gasteiger partial charge in [-0.15, -0.1) is 0 Å². The fourth-order valence-electron chi connectivity index (χ4n) is 4.73. The summed E-state index contributed by atoms with van der Waals surface area (Å²) in [5.74, 6) is -0.636. The second-order valence-corrected chi connectivity index (χ2v) is 8.88. The summed E-state index contributed by atoms with van der Waals surface area (Å²) in [5, 5.41) is 21.0. The minimum Gasteiger partial charge on any atom is -0.508 e. The van der Waals surface area contributed by atoms with Crippen molar-refractivity contribution < 1.29 is 24.5 Å². The van der Waals surface area contributed by atoms with E-state index in [1.165, 1.54) is 12.1 Å². The van der Waals surface area contributed by atoms with Gasteiger partial charge in [-0.2, -0.15) is 0 Å². The Morgan fingerprint density at radius 3 is 2.31 bits per heavy atom. The lowest BCUT2D eigenvalue weighted by molar-refractivity contribution is -0.141. The van der Waals surface area contributed by atoms with Crippen molar-refractivity contribution in [3.8, 4) is 11.5 Å². The number of carbonyl (C=O) groups is 2. The lowest BCUT2D eigenvalue weighted by atomic mass is 9.94. The molecule has 32 heavy (non-hydrogen) atoms. The number of Topliss-reactive ketones (excluding diaryl/α,β-unsaturated/α-hetero) is 1. The maximum atomic E-state index is 13.2. The highest BCUT2D eigenvalue weighted by molar-refractivity contribution is 6.46. The van der Waals surface area contributed by atoms with Crippen LogP contribution < -0.4 is 4.74 Å². The summed E-state index contributed by atoms with van der Waals surface area (Å²) in [5.41, 5.74) is 2.07. The van der Waals surface area contributed by atoms with Crippen molar-refractivity contribution in [3.63, 3.8) is 0 Å². The summed E-state index contributed by atoms with van der Waals surface area (Å²) < 4.78 is 5.78. The van der Waals surface area contributed by atoms with E-state index in [9.17, 15) is 19.8 Å². The average Bonchev–Trinajstić information content (AvgIpc) is 3.36. The van der Waals surface area contributed by atoms with Crippen LogP contribution in [0.25, 0.3) is 5.76 Å². The molecule has 4 rings (SSSR count). The highest BCUT2D eigenvalue weighted by Gasteiger charge is 2.49. The Hall–Kier alpha value is -3.28. The summed E-state index contributed by atoms with van der Waals surface area (Å²) in [7, 11) is 0. The van der Waals surface area contributed by atoms with Gasteiger partial charge >= 0.3 is 0 Å². The van der Waals surface area contributed by atoms with Crippen LogP contribution in [0, 0.1) is 6.92 Å². The number of benzene rings is 2. The number of hydrogen-bond donors (Lipinski definition) is 2. The summed E-state index contributed by atoms with van der Waals surface area (Å²) in [6, 6.07) is 11.0. The number of nitrogens with zero attached hydrogens (tertiary/aromatic N) is 1. The van der Waals surface area contributed by atoms with E-state index in [0.29, 0.717) is 16.9 Å². The summed E-state index contributed by atoms with van der Waals surface area (Å²) in [4.78, 5) is 27.9. The molecule has 2 aromatic rings. The van der Waals surface area contributed by atoms with Gasteiger partial charge in [0.05, 0.1) is 17.7 Å². The molecule has 1 unspecified atom stereocenters. The molecule has 0 aromatic heterocycles. The number of aliphatic hydroxyl groups is 1. The van der Waals surface area contributed by atoms with Crippen molar-refractivity contribution in [1.29, 1.82) is 0 Å². The number of aliphatic hydroxyl groups excluding tert-OH is 1. The van der Waals surface area contributed by atoms with Gasteiger partial charge in [-0.3, -0.25) is 9.59 Å². The molecule has 1 heterocycles. The molecule has 1 aliphatic carbocycles. The Bertz CT molecular complexity index is 1060. The van der Waals surface area contributed by atoms with E-state index in [-0.39, 0.29) is 29.2 Å². The van der Waals surface area contributed by atoms with E-state index in [0.717, 1.165) is 31.2 Å². The Labute approximate surface area is 188 Å². The normalized spacial score (nSPS) is 21.0. The third-order valence-electron chi connectivity index (χ3n) is 6.22. The number of hydrogen-bond acceptors (Lipinski definition) is 5. The van der Waals surface area contributed by atoms with E-state index in [4.69, 9.17) is 4.74 Å². The van der Waals surface area contributed by atoms with Gasteiger partial charge in [-0.25, -0.2) is 0 Å². The van der Waals surface area contributed by atoms with Gasteiger partial charge < -0.3 is 19.8 Å². The number of phenolic OH excluding ortho intramolecular Hbond substituents is 1. The predicted molar refractivity (Wildman–Crippen MR) is 121 cm³/mol. The van der Waals surface area contributed by atoms with Gasteiger partial charge in [-0.05, 0) is 75.1 Å². The molecule has 0 bridgehead atoms. The molecule has 1 saturated carbocycles. The third kappa shape index (κ3) is 3.97. The number of ether oxygens (including phenoxy) is 1. The first-order chi connectivity index (χ1) is 15.3. The fourth-order valence-corrected chi connectivity index (χ4v) is 4.73. The average molecular weight is 436 g/mol. The number of carbonyl (C=O) groups excluding carboxylic acids is 2. The minimum atomic E-state index is -0.689. The molecule has 2 aliphatic rings. The van der Waals surface area contributed by atoms with Crippen LogP contribution in [0.2, 0.25) is 0 Å². The molecule has 1 atom stereocenters. The number of aromatic hydroxyl groups is 1. The van der Waals surface area contributed by atoms with E-state index in [1.54, 1.807) is 35.2 Å². The Kier molecular flexibility index (Phi) is 5.96. The third-order valence-corrected chi connectivity index (χ3v) is 6.22. The Balaban J connectivity index is 1.83. The number of likely N-dealkylation sites (tertiary alicyclic amines) is 1. The van der Waals surface area contributed by atoms with E-state index in [2.05, 4.69) is 0 Å². The van der Waals surface area contributed by atoms with Crippen molar-refractivity contribution >= 4 is 17.4 Å². The zero-order chi connectivity index (χ0) is 23.0. The van der Waals surface area contributed by atoms with Crippen molar-refractivity contribution in [1.82, 2.24) is 4.90 Å². The van der Waals surface area contributed by atoms with E-state index in [1.807, 2.05) is 20.8 Å². The highest BCUT2D eigenvalue weighted by Crippen LogP contribution is 2.43. The fraction of sp³-hybridized carbons (Fsp3) is 0.385. The molecule has 1 aliphatic heterocycles. The van der Waals surface area contributed by atoms with Crippen molar-refractivity contribution in [2.75, 3.05) is 0 Å². The molecule has 6 heteroatoms. The molecular weight excluding hydrogens is 406 g/mol. The van der Waals surface area contributed by atoms with Crippen LogP contribution in [-0.4, -0.2) is 38.9 Å². The zero-order valence-electron chi connectivity index (χ0n) is 18.7. The SMILES string of the molecule is Cc1cc(/C(O)=C2/C(=O)C(=O)N(C3CCCC3)C2c2ccc(O)cc2)ccc1OC(C)C. The second kappa shape index (κ2) is 8.69. The summed E-state index contributed by atoms with van der Waals surface area (Å²) in [6.07, 6.45) is 3.70. The number of phenols is 1. The van der Waals surface area contributed by atoms with E-state index >= 15 is 0 Å². The summed E-state index contributed by atoms with van der Waals surface area (Å²) in [6.45, 7) is 5.76. The standard InChI is InChI=1S/C26H29NO5/c1-15(2)32-21-13-10-18(14-16(21)3)24(29)22-23(17-8-11-20(28)12-9-17)27(26(31)25(22)30)19-6-4-5-7-19/h8-15,19,23,28-29H,4-7H2,1-3H3/b24-22-. The molecule has 2 N–H and O–H groups in total. The Morgan fingerprint density at radius 1 is 1.06 bits per heavy atom. The van der Waals surface area contributed by atoms with Crippen molar-refractivity contribution in [2.24, 2.45) is 0 Å². The lowest BCUT2D eigenvalue weighted by Gasteiger charge is -2.30. The van der Waals surface area contributed by atoms with Crippen molar-refractivity contribution in [2.45, 2.75) is 64.6 Å². The maximum Gasteiger partial charge on any atom is 0.295 e. The van der Waals surface area contributed by atoms with Crippen LogP contribution in [0.4, 0.5) is 0 Å². The van der Waals surface area contributed by atoms with Crippen LogP contribution in [0.3, 0.4) is 0 Å². The molecule has 2 aromatic carbocycles. The van der Waals surface area contributed by atoms with Crippen LogP contribution >= 0.6 is 0 Å². The smallest absolute Gasteiger partial charge is 0.295 e. The van der Waals surface area contributed by atoms with Crippen LogP contribution in [0.5, 0.6) is 11.5 Å². The number of aryl methyl sites for hydroxylation is 1. The largest absolute Gasteiger partial charge is 0.508 e. The Morgan fingerprint density at radius 2 is 1.72 bits per heavy atom. The first kappa shape index (κ1) is 21.9. The maximum absolute atomic E-state index is 13.2. The molecule has 168 valence electrons. The van der Waals surface area contributed by atoms with Gasteiger partial charge in [0, 0.05) is 11.6 Å². The predicted octanol–water partition coefficient (Wildman–Crippen LogP) is 4.85. The van der Waals surface area contributed by atoms with Gasteiger partial charge in [0.2, 0.25) is 0 Å². The minimum absolute atomic E-state index is 0.0133. The second-order valence-electron chi connectivity index (χ2n) is 8.88. The van der Waals surface area contributed by atoms with Crippen LogP contribution in [-0.2, 0) is 9.59 Å². The zero-order valence-corrected chi connectivity index (χ0v) is 18.7. The van der Waals surface area contributed by atoms with Crippen LogP contribution in [0.15, 0.2) is 48.0 Å². The molecule has 0 spiro atoms. The number of amides is 1. The molecule has 6 nitrogen and oxygen atoms in total. The monoisotopic (exact) mass is 435 g/mol. The number of ketones is 1. The van der Waals surface area contributed by atoms with Crippen molar-refractivity contribution in [3.05, 3.63) is 64.7 Å². The highest BCUT2D eigenvalue weighted by atomic mass is 16.5. The molecule has 1 amide bonds. The molecule has 2 fully saturated rings. The van der Waals surface area contributed by atoms with Gasteiger partial charge in [0.25, 0.3) is 11.7 Å². The van der Waals surface area contributed by atoms with E-state index < -0.39 is 17.7 Å². The van der Waals surface area contributed by atoms with Crippen LogP contribution in [0.1, 0.15) is 62.3 Å². The molecule has 0 radical (unpaired) electrons. The lowest BCUT2D eigenvalue weighted by Crippen LogP contribution is -2.37. The van der Waals surface area contributed by atoms with Gasteiger partial charge in [0.1, 0.15) is 17.3 Å². The first-order valence-corrected chi connectivity index (χ1v) is 11.1. The molecule has 1 saturated heterocycles. The molecular formula is C26H29NO5. The quantitative estimate of drug-likeness (QED) is 0.398. The number of rotatable bonds is 5. The topological polar surface area (TPSA) is 87.1 Å². The summed E-state index contributed by atoms with van der Waals surface area (Å²) >= 11 is 0.